The van der Waals surface area contributed by atoms with E-state index >= 15 is 0 Å². The Balaban J connectivity index is 2.17. The van der Waals surface area contributed by atoms with Crippen molar-refractivity contribution in [2.75, 3.05) is 21.3 Å². The Morgan fingerprint density at radius 3 is 2.42 bits per heavy atom. The van der Waals surface area contributed by atoms with Crippen LogP contribution in [0.3, 0.4) is 0 Å². The van der Waals surface area contributed by atoms with Crippen molar-refractivity contribution in [2.24, 2.45) is 0 Å². The Bertz CT molecular complexity index is 1060. The monoisotopic (exact) mass is 424 g/mol. The highest BCUT2D eigenvalue weighted by atomic mass is 16.5. The second-order valence-corrected chi connectivity index (χ2v) is 7.14. The number of aliphatic carboxylic acids is 1. The quantitative estimate of drug-likeness (QED) is 0.509. The third-order valence-corrected chi connectivity index (χ3v) is 5.08. The van der Waals surface area contributed by atoms with E-state index in [0.29, 0.717) is 28.5 Å². The zero-order valence-electron chi connectivity index (χ0n) is 18.3. The van der Waals surface area contributed by atoms with Crippen LogP contribution in [0.2, 0.25) is 0 Å². The molecule has 164 valence electrons. The number of hydrogen-bond acceptors (Lipinski definition) is 5. The van der Waals surface area contributed by atoms with E-state index in [0.717, 1.165) is 36.2 Å². The third kappa shape index (κ3) is 4.82. The molecule has 7 heteroatoms. The number of carbonyl (C=O) groups is 1. The van der Waals surface area contributed by atoms with Gasteiger partial charge in [0.05, 0.1) is 39.1 Å². The number of aryl methyl sites for hydroxylation is 1. The summed E-state index contributed by atoms with van der Waals surface area (Å²) in [6.45, 7) is 2.87. The molecule has 0 aliphatic rings. The Hall–Kier alpha value is -3.48. The second-order valence-electron chi connectivity index (χ2n) is 7.14. The molecule has 0 atom stereocenters. The molecule has 0 saturated carbocycles. The molecular formula is C24H28N2O5. The minimum atomic E-state index is -0.883. The van der Waals surface area contributed by atoms with Gasteiger partial charge in [0, 0.05) is 17.7 Å². The molecule has 7 nitrogen and oxygen atoms in total. The molecule has 0 unspecified atom stereocenters. The summed E-state index contributed by atoms with van der Waals surface area (Å²) in [5.74, 6) is 1.04. The second kappa shape index (κ2) is 10.0. The van der Waals surface area contributed by atoms with Gasteiger partial charge in [-0.2, -0.15) is 5.10 Å². The molecule has 0 amide bonds. The van der Waals surface area contributed by atoms with Crippen molar-refractivity contribution >= 4 is 5.97 Å². The molecule has 0 saturated heterocycles. The summed E-state index contributed by atoms with van der Waals surface area (Å²) < 4.78 is 18.6. The Morgan fingerprint density at radius 2 is 1.77 bits per heavy atom. The first-order valence-corrected chi connectivity index (χ1v) is 10.2. The summed E-state index contributed by atoms with van der Waals surface area (Å²) in [7, 11) is 4.82. The van der Waals surface area contributed by atoms with Crippen LogP contribution in [0, 0.1) is 0 Å². The Morgan fingerprint density at radius 1 is 1.00 bits per heavy atom. The van der Waals surface area contributed by atoms with Gasteiger partial charge in [-0.15, -0.1) is 0 Å². The molecule has 3 rings (SSSR count). The maximum Gasteiger partial charge on any atom is 0.307 e. The number of hydrogen-bond donors (Lipinski definition) is 1. The van der Waals surface area contributed by atoms with E-state index in [9.17, 15) is 9.90 Å². The van der Waals surface area contributed by atoms with Crippen molar-refractivity contribution in [1.82, 2.24) is 9.78 Å². The number of unbranched alkanes of at least 4 members (excludes halogenated alkanes) is 1. The van der Waals surface area contributed by atoms with Crippen LogP contribution in [0.5, 0.6) is 17.2 Å². The summed E-state index contributed by atoms with van der Waals surface area (Å²) in [6.07, 6.45) is 1.93. The smallest absolute Gasteiger partial charge is 0.307 e. The summed E-state index contributed by atoms with van der Waals surface area (Å²) in [5, 5.41) is 14.0. The van der Waals surface area contributed by atoms with Gasteiger partial charge in [-0.05, 0) is 42.3 Å². The molecule has 0 bridgehead atoms. The lowest BCUT2D eigenvalue weighted by molar-refractivity contribution is -0.136. The summed E-state index contributed by atoms with van der Waals surface area (Å²) in [6, 6.07) is 13.1. The fourth-order valence-electron chi connectivity index (χ4n) is 3.57. The standard InChI is InChI=1S/C24H28N2O5/c1-5-6-12-26-20(17-8-7-9-22(30-3)24(17)31-4)15-19(25-26)18-13-16(14-23(27)28)10-11-21(18)29-2/h7-11,13,15H,5-6,12,14H2,1-4H3,(H,27,28). The number of carboxylic acids is 1. The zero-order chi connectivity index (χ0) is 22.4. The third-order valence-electron chi connectivity index (χ3n) is 5.08. The van der Waals surface area contributed by atoms with E-state index in [-0.39, 0.29) is 6.42 Å². The van der Waals surface area contributed by atoms with E-state index in [1.165, 1.54) is 0 Å². The molecule has 31 heavy (non-hydrogen) atoms. The predicted molar refractivity (Wildman–Crippen MR) is 119 cm³/mol. The molecule has 0 spiro atoms. The van der Waals surface area contributed by atoms with Crippen LogP contribution in [-0.2, 0) is 17.8 Å². The highest BCUT2D eigenvalue weighted by Gasteiger charge is 2.20. The highest BCUT2D eigenvalue weighted by molar-refractivity contribution is 5.78. The summed E-state index contributed by atoms with van der Waals surface area (Å²) in [4.78, 5) is 11.2. The predicted octanol–water partition coefficient (Wildman–Crippen LogP) is 4.67. The van der Waals surface area contributed by atoms with Gasteiger partial charge < -0.3 is 19.3 Å². The molecule has 0 aliphatic heterocycles. The van der Waals surface area contributed by atoms with Crippen LogP contribution >= 0.6 is 0 Å². The molecule has 1 heterocycles. The average Bonchev–Trinajstić information content (AvgIpc) is 3.20. The number of rotatable bonds is 10. The van der Waals surface area contributed by atoms with Crippen LogP contribution in [0.1, 0.15) is 25.3 Å². The van der Waals surface area contributed by atoms with Gasteiger partial charge in [-0.1, -0.05) is 25.5 Å². The van der Waals surface area contributed by atoms with Crippen molar-refractivity contribution in [3.8, 4) is 39.8 Å². The topological polar surface area (TPSA) is 82.8 Å². The van der Waals surface area contributed by atoms with Crippen LogP contribution in [0.4, 0.5) is 0 Å². The first-order valence-electron chi connectivity index (χ1n) is 10.2. The molecule has 3 aromatic rings. The van der Waals surface area contributed by atoms with Crippen molar-refractivity contribution in [3.63, 3.8) is 0 Å². The van der Waals surface area contributed by atoms with E-state index in [2.05, 4.69) is 6.92 Å². The van der Waals surface area contributed by atoms with Crippen molar-refractivity contribution in [1.29, 1.82) is 0 Å². The van der Waals surface area contributed by atoms with Crippen molar-refractivity contribution in [2.45, 2.75) is 32.7 Å². The van der Waals surface area contributed by atoms with Gasteiger partial charge in [0.25, 0.3) is 0 Å². The number of benzene rings is 2. The lowest BCUT2D eigenvalue weighted by Gasteiger charge is -2.13. The zero-order valence-corrected chi connectivity index (χ0v) is 18.3. The minimum absolute atomic E-state index is 0.0654. The fourth-order valence-corrected chi connectivity index (χ4v) is 3.57. The first kappa shape index (κ1) is 22.2. The number of carboxylic acid groups (broad SMARTS) is 1. The first-order chi connectivity index (χ1) is 15.0. The Kier molecular flexibility index (Phi) is 7.18. The minimum Gasteiger partial charge on any atom is -0.496 e. The Labute approximate surface area is 182 Å². The van der Waals surface area contributed by atoms with Crippen LogP contribution in [-0.4, -0.2) is 42.2 Å². The van der Waals surface area contributed by atoms with Crippen LogP contribution in [0.25, 0.3) is 22.5 Å². The van der Waals surface area contributed by atoms with Gasteiger partial charge in [0.15, 0.2) is 11.5 Å². The number of ether oxygens (including phenoxy) is 3. The van der Waals surface area contributed by atoms with E-state index in [1.807, 2.05) is 35.0 Å². The molecular weight excluding hydrogens is 396 g/mol. The van der Waals surface area contributed by atoms with Crippen LogP contribution < -0.4 is 14.2 Å². The average molecular weight is 424 g/mol. The summed E-state index contributed by atoms with van der Waals surface area (Å²) in [5.41, 5.74) is 3.91. The molecule has 2 aromatic carbocycles. The number of aromatic nitrogens is 2. The molecule has 1 aromatic heterocycles. The molecule has 0 radical (unpaired) electrons. The molecule has 0 fully saturated rings. The SMILES string of the molecule is CCCCn1nc(-c2cc(CC(=O)O)ccc2OC)cc1-c1cccc(OC)c1OC. The van der Waals surface area contributed by atoms with E-state index in [4.69, 9.17) is 19.3 Å². The summed E-state index contributed by atoms with van der Waals surface area (Å²) >= 11 is 0. The van der Waals surface area contributed by atoms with Gasteiger partial charge in [0.1, 0.15) is 5.75 Å². The van der Waals surface area contributed by atoms with Gasteiger partial charge in [0.2, 0.25) is 0 Å². The highest BCUT2D eigenvalue weighted by Crippen LogP contribution is 2.40. The molecule has 0 aliphatic carbocycles. The number of para-hydroxylation sites is 1. The lowest BCUT2D eigenvalue weighted by atomic mass is 10.0. The lowest BCUT2D eigenvalue weighted by Crippen LogP contribution is -2.04. The van der Waals surface area contributed by atoms with Crippen LogP contribution in [0.15, 0.2) is 42.5 Å². The maximum absolute atomic E-state index is 11.2. The number of nitrogens with zero attached hydrogens (tertiary/aromatic N) is 2. The number of methoxy groups -OCH3 is 3. The van der Waals surface area contributed by atoms with E-state index in [1.54, 1.807) is 33.5 Å². The largest absolute Gasteiger partial charge is 0.496 e. The molecule has 1 N–H and O–H groups in total. The van der Waals surface area contributed by atoms with Crippen molar-refractivity contribution < 1.29 is 24.1 Å². The van der Waals surface area contributed by atoms with Crippen molar-refractivity contribution in [3.05, 3.63) is 48.0 Å². The fraction of sp³-hybridized carbons (Fsp3) is 0.333. The van der Waals surface area contributed by atoms with Gasteiger partial charge >= 0.3 is 5.97 Å². The van der Waals surface area contributed by atoms with E-state index < -0.39 is 5.97 Å². The van der Waals surface area contributed by atoms with Gasteiger partial charge in [-0.3, -0.25) is 9.48 Å². The van der Waals surface area contributed by atoms with Gasteiger partial charge in [-0.25, -0.2) is 0 Å². The maximum atomic E-state index is 11.2. The normalized spacial score (nSPS) is 10.7.